The Morgan fingerprint density at radius 2 is 1.73 bits per heavy atom. The number of ether oxygens (including phenoxy) is 2. The van der Waals surface area contributed by atoms with Crippen LogP contribution in [0, 0.1) is 0 Å². The van der Waals surface area contributed by atoms with Crippen molar-refractivity contribution < 1.29 is 13.9 Å². The molecule has 3 heterocycles. The van der Waals surface area contributed by atoms with Gasteiger partial charge in [0, 0.05) is 26.2 Å². The molecule has 3 aromatic rings. The Balaban J connectivity index is 1.35. The van der Waals surface area contributed by atoms with Crippen molar-refractivity contribution in [3.05, 3.63) is 64.5 Å². The number of morpholine rings is 1. The van der Waals surface area contributed by atoms with Gasteiger partial charge in [0.1, 0.15) is 24.3 Å². The van der Waals surface area contributed by atoms with Crippen molar-refractivity contribution in [1.29, 1.82) is 0 Å². The average Bonchev–Trinajstić information content (AvgIpc) is 2.80. The molecule has 1 saturated heterocycles. The normalized spacial score (nSPS) is 17.6. The first-order valence-corrected chi connectivity index (χ1v) is 10.6. The van der Waals surface area contributed by atoms with E-state index in [4.69, 9.17) is 13.9 Å². The largest absolute Gasteiger partial charge is 0.478 e. The fraction of sp³-hybridized carbons (Fsp3) is 0.375. The Hall–Kier alpha value is -2.67. The molecule has 2 aromatic carbocycles. The van der Waals surface area contributed by atoms with E-state index in [0.717, 1.165) is 69.2 Å². The smallest absolute Gasteiger partial charge is 0.200 e. The summed E-state index contributed by atoms with van der Waals surface area (Å²) in [7, 11) is 0. The van der Waals surface area contributed by atoms with Crippen LogP contribution in [0.4, 0.5) is 0 Å². The molecule has 0 saturated carbocycles. The third kappa shape index (κ3) is 3.86. The van der Waals surface area contributed by atoms with Gasteiger partial charge in [0.25, 0.3) is 0 Å². The zero-order chi connectivity index (χ0) is 20.3. The SMILES string of the molecule is O=c1c(-c2ccccc2)coc2c3c(ccc12)OCN(CCCN1CCOCC1)C3. The summed E-state index contributed by atoms with van der Waals surface area (Å²) >= 11 is 0. The molecule has 0 radical (unpaired) electrons. The van der Waals surface area contributed by atoms with E-state index in [9.17, 15) is 4.79 Å². The van der Waals surface area contributed by atoms with Crippen LogP contribution in [0.15, 0.2) is 57.9 Å². The minimum absolute atomic E-state index is 0.00492. The standard InChI is InChI=1S/C24H26N2O4/c27-23-19-7-8-22-20(24(19)29-16-21(23)18-5-2-1-3-6-18)15-26(17-30-22)10-4-9-25-11-13-28-14-12-25/h1-3,5-8,16H,4,9-15,17H2. The summed E-state index contributed by atoms with van der Waals surface area (Å²) in [6.45, 7) is 6.98. The highest BCUT2D eigenvalue weighted by Gasteiger charge is 2.23. The second kappa shape index (κ2) is 8.60. The molecule has 6 nitrogen and oxygen atoms in total. The van der Waals surface area contributed by atoms with Crippen molar-refractivity contribution in [1.82, 2.24) is 9.80 Å². The van der Waals surface area contributed by atoms with Crippen LogP contribution in [-0.2, 0) is 11.3 Å². The first-order valence-electron chi connectivity index (χ1n) is 10.6. The van der Waals surface area contributed by atoms with Gasteiger partial charge in [-0.2, -0.15) is 0 Å². The summed E-state index contributed by atoms with van der Waals surface area (Å²) in [5, 5.41) is 0.605. The molecule has 2 aliphatic heterocycles. The Labute approximate surface area is 175 Å². The Bertz CT molecular complexity index is 1070. The molecule has 0 unspecified atom stereocenters. The van der Waals surface area contributed by atoms with E-state index in [0.29, 0.717) is 23.3 Å². The number of rotatable bonds is 5. The van der Waals surface area contributed by atoms with E-state index in [-0.39, 0.29) is 5.43 Å². The zero-order valence-corrected chi connectivity index (χ0v) is 17.0. The van der Waals surface area contributed by atoms with Crippen molar-refractivity contribution in [2.75, 3.05) is 46.1 Å². The van der Waals surface area contributed by atoms with Gasteiger partial charge in [-0.25, -0.2) is 0 Å². The monoisotopic (exact) mass is 406 g/mol. The Kier molecular flexibility index (Phi) is 5.53. The fourth-order valence-electron chi connectivity index (χ4n) is 4.26. The first kappa shape index (κ1) is 19.3. The van der Waals surface area contributed by atoms with Crippen LogP contribution in [0.3, 0.4) is 0 Å². The highest BCUT2D eigenvalue weighted by atomic mass is 16.5. The molecule has 0 atom stereocenters. The number of fused-ring (bicyclic) bond motifs is 3. The summed E-state index contributed by atoms with van der Waals surface area (Å²) in [4.78, 5) is 17.8. The lowest BCUT2D eigenvalue weighted by Crippen LogP contribution is -2.39. The number of hydrogen-bond acceptors (Lipinski definition) is 6. The Morgan fingerprint density at radius 3 is 2.57 bits per heavy atom. The quantitative estimate of drug-likeness (QED) is 0.648. The van der Waals surface area contributed by atoms with Crippen molar-refractivity contribution in [3.8, 4) is 16.9 Å². The predicted molar refractivity (Wildman–Crippen MR) is 116 cm³/mol. The summed E-state index contributed by atoms with van der Waals surface area (Å²) in [6, 6.07) is 13.4. The van der Waals surface area contributed by atoms with Crippen LogP contribution in [0.1, 0.15) is 12.0 Å². The fourth-order valence-corrected chi connectivity index (χ4v) is 4.26. The average molecular weight is 406 g/mol. The van der Waals surface area contributed by atoms with Gasteiger partial charge >= 0.3 is 0 Å². The van der Waals surface area contributed by atoms with E-state index in [1.54, 1.807) is 6.26 Å². The maximum atomic E-state index is 13.1. The summed E-state index contributed by atoms with van der Waals surface area (Å²) in [5.74, 6) is 0.808. The van der Waals surface area contributed by atoms with Crippen LogP contribution in [-0.4, -0.2) is 55.9 Å². The first-order chi connectivity index (χ1) is 14.8. The lowest BCUT2D eigenvalue weighted by atomic mass is 10.0. The number of hydrogen-bond donors (Lipinski definition) is 0. The second-order valence-corrected chi connectivity index (χ2v) is 7.90. The third-order valence-corrected chi connectivity index (χ3v) is 5.92. The van der Waals surface area contributed by atoms with Gasteiger partial charge in [-0.15, -0.1) is 0 Å². The molecule has 0 amide bonds. The summed E-state index contributed by atoms with van der Waals surface area (Å²) in [5.41, 5.74) is 3.04. The highest BCUT2D eigenvalue weighted by molar-refractivity contribution is 5.85. The molecular formula is C24H26N2O4. The molecule has 1 aromatic heterocycles. The van der Waals surface area contributed by atoms with Crippen LogP contribution in [0.25, 0.3) is 22.1 Å². The predicted octanol–water partition coefficient (Wildman–Crippen LogP) is 3.33. The molecule has 6 heteroatoms. The molecule has 0 spiro atoms. The number of benzene rings is 2. The minimum atomic E-state index is -0.00492. The van der Waals surface area contributed by atoms with Crippen molar-refractivity contribution in [3.63, 3.8) is 0 Å². The molecule has 0 bridgehead atoms. The van der Waals surface area contributed by atoms with Gasteiger partial charge in [-0.1, -0.05) is 30.3 Å². The molecule has 156 valence electrons. The topological polar surface area (TPSA) is 55.2 Å². The van der Waals surface area contributed by atoms with Gasteiger partial charge in [0.15, 0.2) is 0 Å². The van der Waals surface area contributed by atoms with Gasteiger partial charge in [-0.3, -0.25) is 14.6 Å². The van der Waals surface area contributed by atoms with Gasteiger partial charge < -0.3 is 13.9 Å². The zero-order valence-electron chi connectivity index (χ0n) is 17.0. The van der Waals surface area contributed by atoms with Gasteiger partial charge in [0.2, 0.25) is 5.43 Å². The maximum absolute atomic E-state index is 13.1. The lowest BCUT2D eigenvalue weighted by molar-refractivity contribution is 0.0330. The van der Waals surface area contributed by atoms with Crippen molar-refractivity contribution in [2.45, 2.75) is 13.0 Å². The van der Waals surface area contributed by atoms with E-state index >= 15 is 0 Å². The van der Waals surface area contributed by atoms with E-state index in [2.05, 4.69) is 9.80 Å². The summed E-state index contributed by atoms with van der Waals surface area (Å²) < 4.78 is 17.4. The Morgan fingerprint density at radius 1 is 0.933 bits per heavy atom. The molecule has 2 aliphatic rings. The molecular weight excluding hydrogens is 380 g/mol. The van der Waals surface area contributed by atoms with E-state index in [1.165, 1.54) is 0 Å². The van der Waals surface area contributed by atoms with Crippen molar-refractivity contribution >= 4 is 11.0 Å². The molecule has 5 rings (SSSR count). The van der Waals surface area contributed by atoms with Crippen LogP contribution in [0.2, 0.25) is 0 Å². The van der Waals surface area contributed by atoms with Gasteiger partial charge in [-0.05, 0) is 30.7 Å². The molecule has 0 aliphatic carbocycles. The third-order valence-electron chi connectivity index (χ3n) is 5.92. The highest BCUT2D eigenvalue weighted by Crippen LogP contribution is 2.32. The number of nitrogens with zero attached hydrogens (tertiary/aromatic N) is 2. The summed E-state index contributed by atoms with van der Waals surface area (Å²) in [6.07, 6.45) is 2.66. The van der Waals surface area contributed by atoms with Crippen molar-refractivity contribution in [2.24, 2.45) is 0 Å². The molecule has 30 heavy (non-hydrogen) atoms. The molecule has 1 fully saturated rings. The van der Waals surface area contributed by atoms with Crippen LogP contribution in [0.5, 0.6) is 5.75 Å². The van der Waals surface area contributed by atoms with Gasteiger partial charge in [0.05, 0.1) is 29.7 Å². The second-order valence-electron chi connectivity index (χ2n) is 7.90. The maximum Gasteiger partial charge on any atom is 0.200 e. The lowest BCUT2D eigenvalue weighted by Gasteiger charge is -2.31. The molecule has 0 N–H and O–H groups in total. The van der Waals surface area contributed by atoms with Crippen LogP contribution >= 0.6 is 0 Å². The van der Waals surface area contributed by atoms with E-state index < -0.39 is 0 Å². The van der Waals surface area contributed by atoms with E-state index in [1.807, 2.05) is 42.5 Å². The van der Waals surface area contributed by atoms with Crippen LogP contribution < -0.4 is 10.2 Å². The minimum Gasteiger partial charge on any atom is -0.478 e.